The number of nitrogens with zero attached hydrogens (tertiary/aromatic N) is 4. The van der Waals surface area contributed by atoms with Gasteiger partial charge in [0, 0.05) is 12.7 Å². The van der Waals surface area contributed by atoms with Crippen LogP contribution < -0.4 is 11.1 Å². The van der Waals surface area contributed by atoms with E-state index in [-0.39, 0.29) is 5.56 Å². The first-order chi connectivity index (χ1) is 11.1. The maximum Gasteiger partial charge on any atom is 0.250 e. The highest BCUT2D eigenvalue weighted by atomic mass is 35.5. The maximum absolute atomic E-state index is 11.1. The minimum atomic E-state index is -0.563. The predicted molar refractivity (Wildman–Crippen MR) is 86.5 cm³/mol. The minimum Gasteiger partial charge on any atom is -0.366 e. The highest BCUT2D eigenvalue weighted by Gasteiger charge is 2.07. The number of primary amides is 1. The zero-order valence-corrected chi connectivity index (χ0v) is 12.7. The Morgan fingerprint density at radius 2 is 2.22 bits per heavy atom. The Morgan fingerprint density at radius 1 is 1.35 bits per heavy atom. The van der Waals surface area contributed by atoms with E-state index in [0.29, 0.717) is 17.4 Å². The highest BCUT2D eigenvalue weighted by molar-refractivity contribution is 6.33. The molecule has 0 saturated heterocycles. The van der Waals surface area contributed by atoms with Gasteiger partial charge in [-0.3, -0.25) is 4.79 Å². The Hall–Kier alpha value is -2.93. The van der Waals surface area contributed by atoms with Crippen molar-refractivity contribution in [3.05, 3.63) is 65.3 Å². The van der Waals surface area contributed by atoms with E-state index in [4.69, 9.17) is 17.3 Å². The summed E-state index contributed by atoms with van der Waals surface area (Å²) in [5, 5.41) is 7.56. The number of nitrogens with two attached hydrogens (primary N) is 1. The maximum atomic E-state index is 11.1. The van der Waals surface area contributed by atoms with Crippen LogP contribution >= 0.6 is 11.6 Å². The van der Waals surface area contributed by atoms with Crippen molar-refractivity contribution in [1.29, 1.82) is 0 Å². The third-order valence-corrected chi connectivity index (χ3v) is 3.47. The Morgan fingerprint density at radius 3 is 2.91 bits per heavy atom. The van der Waals surface area contributed by atoms with Crippen LogP contribution in [0.3, 0.4) is 0 Å². The lowest BCUT2D eigenvalue weighted by molar-refractivity contribution is 0.1000. The van der Waals surface area contributed by atoms with E-state index in [9.17, 15) is 4.79 Å². The zero-order chi connectivity index (χ0) is 16.2. The average molecular weight is 329 g/mol. The molecular weight excluding hydrogens is 316 g/mol. The smallest absolute Gasteiger partial charge is 0.250 e. The molecule has 0 unspecified atom stereocenters. The molecule has 0 aliphatic heterocycles. The van der Waals surface area contributed by atoms with Crippen molar-refractivity contribution >= 4 is 23.3 Å². The molecule has 0 bridgehead atoms. The second-order valence-corrected chi connectivity index (χ2v) is 5.19. The fourth-order valence-corrected chi connectivity index (χ4v) is 2.27. The van der Waals surface area contributed by atoms with Crippen LogP contribution in [-0.2, 0) is 6.54 Å². The van der Waals surface area contributed by atoms with Gasteiger partial charge in [-0.15, -0.1) is 0 Å². The molecule has 1 aromatic carbocycles. The number of carbonyl (C=O) groups excluding carboxylic acids is 1. The number of amides is 1. The number of aromatic nitrogens is 4. The molecule has 0 radical (unpaired) electrons. The fourth-order valence-electron chi connectivity index (χ4n) is 2.04. The Balaban J connectivity index is 1.74. The normalized spacial score (nSPS) is 10.5. The summed E-state index contributed by atoms with van der Waals surface area (Å²) in [6.45, 7) is 0.519. The van der Waals surface area contributed by atoms with Crippen LogP contribution in [0.15, 0.2) is 49.2 Å². The fraction of sp³-hybridized carbons (Fsp3) is 0.0667. The Bertz CT molecular complexity index is 834. The molecular formula is C15H13ClN6O. The van der Waals surface area contributed by atoms with Crippen molar-refractivity contribution in [3.63, 3.8) is 0 Å². The summed E-state index contributed by atoms with van der Waals surface area (Å²) in [5.41, 5.74) is 7.39. The molecule has 23 heavy (non-hydrogen) atoms. The Labute approximate surface area is 137 Å². The summed E-state index contributed by atoms with van der Waals surface area (Å²) >= 11 is 6.10. The summed E-state index contributed by atoms with van der Waals surface area (Å²) in [7, 11) is 0. The number of halogens is 1. The van der Waals surface area contributed by atoms with Crippen LogP contribution in [0, 0.1) is 0 Å². The molecule has 2 aromatic heterocycles. The van der Waals surface area contributed by atoms with Crippen LogP contribution in [0.2, 0.25) is 5.02 Å². The van der Waals surface area contributed by atoms with Gasteiger partial charge in [0.25, 0.3) is 0 Å². The molecule has 116 valence electrons. The van der Waals surface area contributed by atoms with Gasteiger partial charge in [0.1, 0.15) is 18.5 Å². The Kier molecular flexibility index (Phi) is 4.20. The van der Waals surface area contributed by atoms with E-state index in [1.807, 2.05) is 24.3 Å². The quantitative estimate of drug-likeness (QED) is 0.746. The van der Waals surface area contributed by atoms with Gasteiger partial charge < -0.3 is 11.1 Å². The lowest BCUT2D eigenvalue weighted by Gasteiger charge is -2.09. The van der Waals surface area contributed by atoms with Crippen molar-refractivity contribution in [2.75, 3.05) is 5.32 Å². The molecule has 0 fully saturated rings. The summed E-state index contributed by atoms with van der Waals surface area (Å²) in [6, 6.07) is 9.31. The van der Waals surface area contributed by atoms with Gasteiger partial charge in [-0.1, -0.05) is 23.7 Å². The molecule has 8 heteroatoms. The van der Waals surface area contributed by atoms with Crippen LogP contribution in [0.25, 0.3) is 5.69 Å². The number of anilines is 1. The van der Waals surface area contributed by atoms with Gasteiger partial charge in [0.05, 0.1) is 16.3 Å². The van der Waals surface area contributed by atoms with Gasteiger partial charge >= 0.3 is 0 Å². The summed E-state index contributed by atoms with van der Waals surface area (Å²) in [5.74, 6) is -0.0747. The average Bonchev–Trinajstić information content (AvgIpc) is 3.08. The molecule has 7 nitrogen and oxygen atoms in total. The van der Waals surface area contributed by atoms with Crippen LogP contribution in [0.1, 0.15) is 15.9 Å². The molecule has 3 N–H and O–H groups in total. The van der Waals surface area contributed by atoms with E-state index in [0.717, 1.165) is 11.3 Å². The number of rotatable bonds is 5. The standard InChI is InChI=1S/C15H13ClN6O/c16-13-5-11(14(17)23)7-20-15(13)19-6-10-2-1-3-12(4-10)22-9-18-8-21-22/h1-5,7-9H,6H2,(H2,17,23)(H,19,20). The first kappa shape index (κ1) is 15.0. The van der Waals surface area contributed by atoms with E-state index < -0.39 is 5.91 Å². The SMILES string of the molecule is NC(=O)c1cnc(NCc2cccc(-n3cncn3)c2)c(Cl)c1. The second kappa shape index (κ2) is 6.45. The highest BCUT2D eigenvalue weighted by Crippen LogP contribution is 2.21. The molecule has 2 heterocycles. The largest absolute Gasteiger partial charge is 0.366 e. The number of carbonyl (C=O) groups is 1. The van der Waals surface area contributed by atoms with E-state index in [1.165, 1.54) is 18.6 Å². The summed E-state index contributed by atoms with van der Waals surface area (Å²) in [6.07, 6.45) is 4.50. The number of hydrogen-bond donors (Lipinski definition) is 2. The van der Waals surface area contributed by atoms with E-state index in [2.05, 4.69) is 20.4 Å². The first-order valence-electron chi connectivity index (χ1n) is 6.76. The van der Waals surface area contributed by atoms with E-state index >= 15 is 0 Å². The van der Waals surface area contributed by atoms with Crippen LogP contribution in [0.4, 0.5) is 5.82 Å². The number of pyridine rings is 1. The van der Waals surface area contributed by atoms with Crippen molar-refractivity contribution in [2.45, 2.75) is 6.54 Å². The van der Waals surface area contributed by atoms with Gasteiger partial charge in [0.2, 0.25) is 5.91 Å². The minimum absolute atomic E-state index is 0.272. The molecule has 0 atom stereocenters. The van der Waals surface area contributed by atoms with Gasteiger partial charge in [-0.25, -0.2) is 14.6 Å². The molecule has 0 spiro atoms. The lowest BCUT2D eigenvalue weighted by atomic mass is 10.2. The van der Waals surface area contributed by atoms with Crippen LogP contribution in [-0.4, -0.2) is 25.7 Å². The summed E-state index contributed by atoms with van der Waals surface area (Å²) in [4.78, 5) is 19.1. The monoisotopic (exact) mass is 328 g/mol. The number of benzene rings is 1. The van der Waals surface area contributed by atoms with Crippen molar-refractivity contribution in [1.82, 2.24) is 19.7 Å². The molecule has 0 aliphatic carbocycles. The second-order valence-electron chi connectivity index (χ2n) is 4.78. The molecule has 3 rings (SSSR count). The van der Waals surface area contributed by atoms with Gasteiger partial charge in [0.15, 0.2) is 0 Å². The first-order valence-corrected chi connectivity index (χ1v) is 7.14. The van der Waals surface area contributed by atoms with Crippen molar-refractivity contribution < 1.29 is 4.79 Å². The topological polar surface area (TPSA) is 98.7 Å². The van der Waals surface area contributed by atoms with Crippen molar-refractivity contribution in [3.8, 4) is 5.69 Å². The lowest BCUT2D eigenvalue weighted by Crippen LogP contribution is -2.12. The zero-order valence-electron chi connectivity index (χ0n) is 12.0. The van der Waals surface area contributed by atoms with Gasteiger partial charge in [-0.05, 0) is 23.8 Å². The van der Waals surface area contributed by atoms with Crippen LogP contribution in [0.5, 0.6) is 0 Å². The van der Waals surface area contributed by atoms with E-state index in [1.54, 1.807) is 11.0 Å². The third-order valence-electron chi connectivity index (χ3n) is 3.18. The molecule has 0 aliphatic rings. The summed E-state index contributed by atoms with van der Waals surface area (Å²) < 4.78 is 1.68. The third kappa shape index (κ3) is 3.46. The number of nitrogens with one attached hydrogen (secondary N) is 1. The molecule has 1 amide bonds. The van der Waals surface area contributed by atoms with Gasteiger partial charge in [-0.2, -0.15) is 5.10 Å². The number of hydrogen-bond acceptors (Lipinski definition) is 5. The molecule has 0 saturated carbocycles. The van der Waals surface area contributed by atoms with Crippen molar-refractivity contribution in [2.24, 2.45) is 5.73 Å². The molecule has 3 aromatic rings. The predicted octanol–water partition coefficient (Wildman–Crippen LogP) is 2.03.